The van der Waals surface area contributed by atoms with E-state index in [1.54, 1.807) is 11.8 Å². The highest BCUT2D eigenvalue weighted by Crippen LogP contribution is 2.35. The molecule has 0 spiro atoms. The van der Waals surface area contributed by atoms with Crippen LogP contribution >= 0.6 is 11.8 Å². The van der Waals surface area contributed by atoms with Crippen molar-refractivity contribution in [3.8, 4) is 0 Å². The fourth-order valence-electron chi connectivity index (χ4n) is 3.85. The fraction of sp³-hybridized carbons (Fsp3) is 0.857. The van der Waals surface area contributed by atoms with Gasteiger partial charge in [0.15, 0.2) is 0 Å². The van der Waals surface area contributed by atoms with E-state index >= 15 is 0 Å². The molecule has 5 N–H and O–H groups in total. The number of rotatable bonds is 11. The van der Waals surface area contributed by atoms with Gasteiger partial charge >= 0.3 is 0 Å². The van der Waals surface area contributed by atoms with Gasteiger partial charge in [-0.3, -0.25) is 19.6 Å². The van der Waals surface area contributed by atoms with Gasteiger partial charge < -0.3 is 15.7 Å². The van der Waals surface area contributed by atoms with Crippen molar-refractivity contribution in [2.24, 2.45) is 17.8 Å². The quantitative estimate of drug-likeness (QED) is 0.244. The van der Waals surface area contributed by atoms with Crippen LogP contribution in [0.15, 0.2) is 0 Å². The number of carbonyl (C=O) groups is 3. The van der Waals surface area contributed by atoms with Crippen LogP contribution in [0.1, 0.15) is 66.2 Å². The summed E-state index contributed by atoms with van der Waals surface area (Å²) in [5, 5.41) is 24.5. The van der Waals surface area contributed by atoms with Crippen LogP contribution in [0, 0.1) is 17.8 Å². The molecule has 1 saturated carbocycles. The summed E-state index contributed by atoms with van der Waals surface area (Å²) >= 11 is 1.67. The van der Waals surface area contributed by atoms with Gasteiger partial charge in [0.2, 0.25) is 11.8 Å². The summed E-state index contributed by atoms with van der Waals surface area (Å²) in [5.74, 6) is -1.47. The molecule has 0 saturated heterocycles. The minimum atomic E-state index is -1.71. The molecule has 3 amide bonds. The number of aliphatic hydroxyl groups is 1. The van der Waals surface area contributed by atoms with Gasteiger partial charge in [-0.1, -0.05) is 33.1 Å². The lowest BCUT2D eigenvalue weighted by Gasteiger charge is -2.36. The van der Waals surface area contributed by atoms with E-state index in [4.69, 9.17) is 5.21 Å². The average Bonchev–Trinajstić information content (AvgIpc) is 2.73. The third kappa shape index (κ3) is 8.07. The van der Waals surface area contributed by atoms with E-state index < -0.39 is 34.6 Å². The maximum atomic E-state index is 13.0. The number of aliphatic hydroxyl groups excluding tert-OH is 1. The molecule has 0 aromatic rings. The van der Waals surface area contributed by atoms with Crippen molar-refractivity contribution in [1.29, 1.82) is 0 Å². The van der Waals surface area contributed by atoms with E-state index in [-0.39, 0.29) is 18.2 Å². The summed E-state index contributed by atoms with van der Waals surface area (Å²) < 4.78 is -0.584. The van der Waals surface area contributed by atoms with Crippen molar-refractivity contribution in [1.82, 2.24) is 16.1 Å². The Kier molecular flexibility index (Phi) is 11.1. The molecule has 0 bridgehead atoms. The average molecular weight is 446 g/mol. The predicted molar refractivity (Wildman–Crippen MR) is 118 cm³/mol. The van der Waals surface area contributed by atoms with Crippen molar-refractivity contribution in [3.05, 3.63) is 0 Å². The largest absolute Gasteiger partial charge is 0.382 e. The Morgan fingerprint density at radius 2 is 1.67 bits per heavy atom. The number of hydroxylamine groups is 1. The van der Waals surface area contributed by atoms with Gasteiger partial charge in [-0.2, -0.15) is 11.8 Å². The van der Waals surface area contributed by atoms with E-state index in [1.807, 2.05) is 27.7 Å². The molecule has 1 rings (SSSR count). The number of amides is 3. The van der Waals surface area contributed by atoms with Crippen molar-refractivity contribution in [3.63, 3.8) is 0 Å². The maximum Gasteiger partial charge on any atom is 0.272 e. The highest BCUT2D eigenvalue weighted by Gasteiger charge is 2.40. The third-order valence-corrected chi connectivity index (χ3v) is 7.35. The molecule has 0 heterocycles. The summed E-state index contributed by atoms with van der Waals surface area (Å²) in [4.78, 5) is 37.3. The first kappa shape index (κ1) is 26.7. The molecule has 30 heavy (non-hydrogen) atoms. The van der Waals surface area contributed by atoms with Crippen LogP contribution in [0.5, 0.6) is 0 Å². The second kappa shape index (κ2) is 12.5. The Balaban J connectivity index is 2.95. The number of carbonyl (C=O) groups excluding carboxylic acids is 3. The SMILES string of the molecule is CNC(=O)C(NC(=O)[C@H](CC(C)C)[C@H](O)C(=O)NO)C(C)(C)SCC1CCCCC1. The van der Waals surface area contributed by atoms with Gasteiger partial charge in [0.05, 0.1) is 5.92 Å². The van der Waals surface area contributed by atoms with Crippen LogP contribution in [0.4, 0.5) is 0 Å². The van der Waals surface area contributed by atoms with Gasteiger partial charge in [-0.15, -0.1) is 0 Å². The molecule has 0 aromatic carbocycles. The molecule has 1 unspecified atom stereocenters. The zero-order valence-electron chi connectivity index (χ0n) is 18.9. The van der Waals surface area contributed by atoms with Crippen molar-refractivity contribution in [2.75, 3.05) is 12.8 Å². The number of likely N-dealkylation sites (N-methyl/N-ethyl adjacent to an activating group) is 1. The Hall–Kier alpha value is -1.32. The summed E-state index contributed by atoms with van der Waals surface area (Å²) in [6.45, 7) is 7.58. The smallest absolute Gasteiger partial charge is 0.272 e. The van der Waals surface area contributed by atoms with Crippen LogP contribution in [-0.2, 0) is 14.4 Å². The molecule has 0 aromatic heterocycles. The third-order valence-electron chi connectivity index (χ3n) is 5.73. The molecular formula is C21H39N3O5S. The van der Waals surface area contributed by atoms with E-state index in [1.165, 1.54) is 44.6 Å². The Morgan fingerprint density at radius 3 is 2.17 bits per heavy atom. The lowest BCUT2D eigenvalue weighted by Crippen LogP contribution is -2.58. The lowest BCUT2D eigenvalue weighted by atomic mass is 9.90. The molecule has 1 aliphatic rings. The molecule has 1 aliphatic carbocycles. The fourth-order valence-corrected chi connectivity index (χ4v) is 5.19. The summed E-state index contributed by atoms with van der Waals surface area (Å²) in [5.41, 5.74) is 1.40. The molecule has 9 heteroatoms. The molecule has 3 atom stereocenters. The minimum Gasteiger partial charge on any atom is -0.382 e. The van der Waals surface area contributed by atoms with Crippen LogP contribution in [0.3, 0.4) is 0 Å². The van der Waals surface area contributed by atoms with Crippen molar-refractivity contribution in [2.45, 2.75) is 83.1 Å². The number of hydrogen-bond donors (Lipinski definition) is 5. The first-order valence-corrected chi connectivity index (χ1v) is 11.8. The molecule has 1 fully saturated rings. The van der Waals surface area contributed by atoms with E-state index in [9.17, 15) is 19.5 Å². The molecule has 174 valence electrons. The summed E-state index contributed by atoms with van der Waals surface area (Å²) in [7, 11) is 1.52. The van der Waals surface area contributed by atoms with Gasteiger partial charge in [0.1, 0.15) is 12.1 Å². The Morgan fingerprint density at radius 1 is 1.07 bits per heavy atom. The van der Waals surface area contributed by atoms with Crippen LogP contribution in [0.2, 0.25) is 0 Å². The number of thioether (sulfide) groups is 1. The standard InChI is InChI=1S/C21H39N3O5S/c1-13(2)11-15(16(25)19(27)24-29)18(26)23-17(20(28)22-5)21(3,4)30-12-14-9-7-6-8-10-14/h13-17,25,29H,6-12H2,1-5H3,(H,22,28)(H,23,26)(H,24,27)/t15-,16+,17?/m1/s1. The topological polar surface area (TPSA) is 128 Å². The highest BCUT2D eigenvalue weighted by atomic mass is 32.2. The molecule has 0 radical (unpaired) electrons. The minimum absolute atomic E-state index is 0.0223. The number of hydrogen-bond acceptors (Lipinski definition) is 6. The van der Waals surface area contributed by atoms with Crippen LogP contribution in [0.25, 0.3) is 0 Å². The van der Waals surface area contributed by atoms with Gasteiger partial charge in [-0.05, 0) is 50.7 Å². The Bertz CT molecular complexity index is 579. The molecule has 8 nitrogen and oxygen atoms in total. The maximum absolute atomic E-state index is 13.0. The normalized spacial score (nSPS) is 18.4. The zero-order chi connectivity index (χ0) is 22.9. The Labute approximate surface area is 184 Å². The van der Waals surface area contributed by atoms with E-state index in [0.29, 0.717) is 5.92 Å². The predicted octanol–water partition coefficient (Wildman–Crippen LogP) is 1.84. The first-order chi connectivity index (χ1) is 14.0. The van der Waals surface area contributed by atoms with Crippen LogP contribution in [-0.4, -0.2) is 57.7 Å². The van der Waals surface area contributed by atoms with Gasteiger partial charge in [0, 0.05) is 11.8 Å². The molecular weight excluding hydrogens is 406 g/mol. The van der Waals surface area contributed by atoms with E-state index in [2.05, 4.69) is 10.6 Å². The second-order valence-corrected chi connectivity index (χ2v) is 10.8. The number of nitrogens with one attached hydrogen (secondary N) is 3. The van der Waals surface area contributed by atoms with Gasteiger partial charge in [-0.25, -0.2) is 5.48 Å². The summed E-state index contributed by atoms with van der Waals surface area (Å²) in [6.07, 6.45) is 4.67. The van der Waals surface area contributed by atoms with Crippen molar-refractivity contribution < 1.29 is 24.7 Å². The highest BCUT2D eigenvalue weighted by molar-refractivity contribution is 8.00. The zero-order valence-corrected chi connectivity index (χ0v) is 19.7. The summed E-state index contributed by atoms with van der Waals surface area (Å²) in [6, 6.07) is -0.831. The van der Waals surface area contributed by atoms with Gasteiger partial charge in [0.25, 0.3) is 5.91 Å². The van der Waals surface area contributed by atoms with Crippen molar-refractivity contribution >= 4 is 29.5 Å². The second-order valence-electron chi connectivity index (χ2n) is 9.13. The van der Waals surface area contributed by atoms with E-state index in [0.717, 1.165) is 5.75 Å². The van der Waals surface area contributed by atoms with Crippen LogP contribution < -0.4 is 16.1 Å². The lowest BCUT2D eigenvalue weighted by molar-refractivity contribution is -0.147. The first-order valence-electron chi connectivity index (χ1n) is 10.8. The molecule has 0 aliphatic heterocycles. The monoisotopic (exact) mass is 445 g/mol.